The molecule has 0 aromatic carbocycles. The first kappa shape index (κ1) is 8.99. The Morgan fingerprint density at radius 2 is 2.00 bits per heavy atom. The van der Waals surface area contributed by atoms with Gasteiger partial charge in [0.25, 0.3) is 0 Å². The van der Waals surface area contributed by atoms with Crippen LogP contribution in [0.2, 0.25) is 0 Å². The van der Waals surface area contributed by atoms with E-state index in [0.717, 1.165) is 6.08 Å². The minimum absolute atomic E-state index is 0. The van der Waals surface area contributed by atoms with Gasteiger partial charge in [0.15, 0.2) is 0 Å². The van der Waals surface area contributed by atoms with Crippen molar-refractivity contribution in [3.05, 3.63) is 12.7 Å². The van der Waals surface area contributed by atoms with Crippen molar-refractivity contribution in [2.24, 2.45) is 0 Å². The fourth-order valence-electron chi connectivity index (χ4n) is 0. The quantitative estimate of drug-likeness (QED) is 0.354. The molecule has 0 amide bonds. The summed E-state index contributed by atoms with van der Waals surface area (Å²) in [7, 11) is 0. The molecule has 6 heavy (non-hydrogen) atoms. The summed E-state index contributed by atoms with van der Waals surface area (Å²) in [5.74, 6) is -0.981. The SMILES string of the molecule is C=CC(=O)O.[B]. The zero-order valence-corrected chi connectivity index (χ0v) is 3.22. The van der Waals surface area contributed by atoms with Crippen LogP contribution in [0.3, 0.4) is 0 Å². The molecule has 0 aliphatic rings. The molecule has 0 aliphatic heterocycles. The highest BCUT2D eigenvalue weighted by Crippen LogP contribution is 1.54. The summed E-state index contributed by atoms with van der Waals surface area (Å²) in [4.78, 5) is 9.25. The van der Waals surface area contributed by atoms with Gasteiger partial charge in [0.05, 0.1) is 0 Å². The van der Waals surface area contributed by atoms with Crippen LogP contribution in [0.4, 0.5) is 0 Å². The number of carboxylic acids is 1. The smallest absolute Gasteiger partial charge is 0.327 e. The highest BCUT2D eigenvalue weighted by Gasteiger charge is 1.73. The molecule has 0 aliphatic carbocycles. The maximum absolute atomic E-state index is 9.25. The van der Waals surface area contributed by atoms with Crippen LogP contribution in [-0.2, 0) is 4.79 Å². The summed E-state index contributed by atoms with van der Waals surface area (Å²) in [5.41, 5.74) is 0. The molecule has 3 heteroatoms. The van der Waals surface area contributed by atoms with Crippen molar-refractivity contribution >= 4 is 14.4 Å². The van der Waals surface area contributed by atoms with E-state index in [-0.39, 0.29) is 8.41 Å². The molecule has 0 spiro atoms. The molecule has 0 saturated carbocycles. The number of hydrogen-bond acceptors (Lipinski definition) is 1. The third-order valence-corrected chi connectivity index (χ3v) is 0.175. The Bertz CT molecular complexity index is 59.8. The molecule has 31 valence electrons. The van der Waals surface area contributed by atoms with E-state index >= 15 is 0 Å². The van der Waals surface area contributed by atoms with Crippen LogP contribution in [-0.4, -0.2) is 19.5 Å². The molecule has 2 nitrogen and oxygen atoms in total. The van der Waals surface area contributed by atoms with Crippen molar-refractivity contribution in [2.75, 3.05) is 0 Å². The number of rotatable bonds is 1. The van der Waals surface area contributed by atoms with Gasteiger partial charge in [0.2, 0.25) is 0 Å². The summed E-state index contributed by atoms with van der Waals surface area (Å²) >= 11 is 0. The third kappa shape index (κ3) is 10.4. The zero-order valence-electron chi connectivity index (χ0n) is 3.22. The minimum atomic E-state index is -0.981. The molecule has 0 rings (SSSR count). The first-order valence-electron chi connectivity index (χ1n) is 1.12. The summed E-state index contributed by atoms with van der Waals surface area (Å²) in [6.07, 6.45) is 0.833. The number of hydrogen-bond donors (Lipinski definition) is 1. The fourth-order valence-corrected chi connectivity index (χ4v) is 0. The molecular formula is C3H4BO2. The standard InChI is InChI=1S/C3H4O2.B/c1-2-3(4)5;/h2H,1H2,(H,4,5);. The molecule has 0 aromatic rings. The number of carbonyl (C=O) groups is 1. The van der Waals surface area contributed by atoms with Crippen molar-refractivity contribution in [2.45, 2.75) is 0 Å². The lowest BCUT2D eigenvalue weighted by Crippen LogP contribution is -1.82. The molecule has 0 aromatic heterocycles. The molecule has 0 bridgehead atoms. The molecule has 0 saturated heterocycles. The maximum Gasteiger partial charge on any atom is 0.327 e. The van der Waals surface area contributed by atoms with Crippen LogP contribution in [0, 0.1) is 0 Å². The van der Waals surface area contributed by atoms with E-state index in [1.54, 1.807) is 0 Å². The van der Waals surface area contributed by atoms with Gasteiger partial charge in [-0.25, -0.2) is 4.79 Å². The Balaban J connectivity index is 0. The maximum atomic E-state index is 9.25. The van der Waals surface area contributed by atoms with Crippen LogP contribution >= 0.6 is 0 Å². The van der Waals surface area contributed by atoms with Crippen molar-refractivity contribution < 1.29 is 9.90 Å². The van der Waals surface area contributed by atoms with E-state index < -0.39 is 5.97 Å². The Labute approximate surface area is 38.1 Å². The van der Waals surface area contributed by atoms with E-state index in [9.17, 15) is 4.79 Å². The second-order valence-electron chi connectivity index (χ2n) is 0.542. The lowest BCUT2D eigenvalue weighted by molar-refractivity contribution is -0.131. The lowest BCUT2D eigenvalue weighted by atomic mass is 10.7. The predicted octanol–water partition coefficient (Wildman–Crippen LogP) is -0.124. The molecule has 3 radical (unpaired) electrons. The average molecular weight is 82.9 g/mol. The molecular weight excluding hydrogens is 78.8 g/mol. The monoisotopic (exact) mass is 83.0 g/mol. The van der Waals surface area contributed by atoms with Crippen molar-refractivity contribution in [3.8, 4) is 0 Å². The Morgan fingerprint density at radius 3 is 2.00 bits per heavy atom. The molecule has 1 N–H and O–H groups in total. The number of aliphatic carboxylic acids is 1. The minimum Gasteiger partial charge on any atom is -0.478 e. The normalized spacial score (nSPS) is 5.33. The molecule has 0 unspecified atom stereocenters. The summed E-state index contributed by atoms with van der Waals surface area (Å²) < 4.78 is 0. The van der Waals surface area contributed by atoms with E-state index in [1.807, 2.05) is 0 Å². The van der Waals surface area contributed by atoms with Crippen molar-refractivity contribution in [1.29, 1.82) is 0 Å². The molecule has 0 fully saturated rings. The zero-order chi connectivity index (χ0) is 4.28. The second-order valence-corrected chi connectivity index (χ2v) is 0.542. The third-order valence-electron chi connectivity index (χ3n) is 0.175. The van der Waals surface area contributed by atoms with Gasteiger partial charge in [-0.3, -0.25) is 0 Å². The van der Waals surface area contributed by atoms with Crippen molar-refractivity contribution in [3.63, 3.8) is 0 Å². The largest absolute Gasteiger partial charge is 0.478 e. The van der Waals surface area contributed by atoms with Gasteiger partial charge in [0.1, 0.15) is 0 Å². The van der Waals surface area contributed by atoms with E-state index in [4.69, 9.17) is 5.11 Å². The van der Waals surface area contributed by atoms with Gasteiger partial charge in [-0.2, -0.15) is 0 Å². The van der Waals surface area contributed by atoms with Crippen LogP contribution in [0.1, 0.15) is 0 Å². The number of carboxylic acid groups (broad SMARTS) is 1. The van der Waals surface area contributed by atoms with Gasteiger partial charge in [-0.15, -0.1) is 0 Å². The Hall–Kier alpha value is -0.725. The summed E-state index contributed by atoms with van der Waals surface area (Å²) in [5, 5.41) is 7.60. The van der Waals surface area contributed by atoms with Gasteiger partial charge in [-0.1, -0.05) is 6.58 Å². The highest BCUT2D eigenvalue weighted by molar-refractivity contribution is 5.78. The second kappa shape index (κ2) is 4.27. The lowest BCUT2D eigenvalue weighted by Gasteiger charge is -1.64. The topological polar surface area (TPSA) is 37.3 Å². The average Bonchev–Trinajstić information content (AvgIpc) is 1.38. The van der Waals surface area contributed by atoms with Crippen molar-refractivity contribution in [1.82, 2.24) is 0 Å². The Morgan fingerprint density at radius 1 is 1.83 bits per heavy atom. The molecule has 0 atom stereocenters. The molecule has 0 heterocycles. The van der Waals surface area contributed by atoms with Gasteiger partial charge in [0, 0.05) is 14.5 Å². The van der Waals surface area contributed by atoms with Crippen LogP contribution < -0.4 is 0 Å². The van der Waals surface area contributed by atoms with E-state index in [2.05, 4.69) is 6.58 Å². The van der Waals surface area contributed by atoms with Crippen LogP contribution in [0.15, 0.2) is 12.7 Å². The Kier molecular flexibility index (Phi) is 6.40. The van der Waals surface area contributed by atoms with Gasteiger partial charge < -0.3 is 5.11 Å². The van der Waals surface area contributed by atoms with Crippen LogP contribution in [0.5, 0.6) is 0 Å². The first-order chi connectivity index (χ1) is 2.27. The predicted molar refractivity (Wildman–Crippen MR) is 23.6 cm³/mol. The highest BCUT2D eigenvalue weighted by atomic mass is 16.4. The van der Waals surface area contributed by atoms with Crippen LogP contribution in [0.25, 0.3) is 0 Å². The summed E-state index contributed by atoms with van der Waals surface area (Å²) in [6.45, 7) is 2.96. The van der Waals surface area contributed by atoms with Gasteiger partial charge in [-0.05, 0) is 0 Å². The van der Waals surface area contributed by atoms with Gasteiger partial charge >= 0.3 is 5.97 Å². The summed E-state index contributed by atoms with van der Waals surface area (Å²) in [6, 6.07) is 0. The van der Waals surface area contributed by atoms with E-state index in [1.165, 1.54) is 0 Å². The first-order valence-corrected chi connectivity index (χ1v) is 1.12. The van der Waals surface area contributed by atoms with E-state index in [0.29, 0.717) is 0 Å². The fraction of sp³-hybridized carbons (Fsp3) is 0.